The molecule has 170 valence electrons. The number of aromatic carboxylic acids is 1. The highest BCUT2D eigenvalue weighted by Crippen LogP contribution is 2.30. The minimum Gasteiger partial charge on any atom is -0.478 e. The number of rotatable bonds is 7. The second-order valence-electron chi connectivity index (χ2n) is 6.74. The lowest BCUT2D eigenvalue weighted by atomic mass is 10.1. The topological polar surface area (TPSA) is 95.5 Å². The highest BCUT2D eigenvalue weighted by molar-refractivity contribution is 8.00. The van der Waals surface area contributed by atoms with Gasteiger partial charge in [-0.1, -0.05) is 18.2 Å². The van der Waals surface area contributed by atoms with E-state index < -0.39 is 29.5 Å². The van der Waals surface area contributed by atoms with Gasteiger partial charge < -0.3 is 15.7 Å². The number of alkyl halides is 3. The fraction of sp³-hybridized carbons (Fsp3) is 0.0870. The molecule has 33 heavy (non-hydrogen) atoms. The average molecular weight is 474 g/mol. The summed E-state index contributed by atoms with van der Waals surface area (Å²) in [5.41, 5.74) is -0.465. The van der Waals surface area contributed by atoms with Gasteiger partial charge in [0, 0.05) is 16.3 Å². The van der Waals surface area contributed by atoms with Crippen LogP contribution in [0.5, 0.6) is 0 Å². The van der Waals surface area contributed by atoms with Crippen LogP contribution in [0.15, 0.2) is 77.7 Å². The van der Waals surface area contributed by atoms with Crippen molar-refractivity contribution in [2.75, 3.05) is 16.4 Å². The molecule has 2 amide bonds. The minimum absolute atomic E-state index is 0.0229. The lowest BCUT2D eigenvalue weighted by Gasteiger charge is -2.10. The van der Waals surface area contributed by atoms with E-state index in [4.69, 9.17) is 0 Å². The Hall–Kier alpha value is -3.79. The van der Waals surface area contributed by atoms with Crippen molar-refractivity contribution in [2.45, 2.75) is 11.1 Å². The lowest BCUT2D eigenvalue weighted by Crippen LogP contribution is -2.16. The number of carbonyl (C=O) groups excluding carboxylic acids is 2. The molecule has 3 N–H and O–H groups in total. The third-order valence-electron chi connectivity index (χ3n) is 4.36. The lowest BCUT2D eigenvalue weighted by molar-refractivity contribution is -0.137. The molecular formula is C23H17F3N2O4S. The van der Waals surface area contributed by atoms with E-state index in [9.17, 15) is 32.7 Å². The second-order valence-corrected chi connectivity index (χ2v) is 7.79. The van der Waals surface area contributed by atoms with Crippen LogP contribution < -0.4 is 10.6 Å². The van der Waals surface area contributed by atoms with Gasteiger partial charge in [-0.25, -0.2) is 4.79 Å². The van der Waals surface area contributed by atoms with Crippen molar-refractivity contribution in [3.05, 3.63) is 89.5 Å². The van der Waals surface area contributed by atoms with Crippen LogP contribution in [0.4, 0.5) is 24.5 Å². The van der Waals surface area contributed by atoms with Gasteiger partial charge in [-0.2, -0.15) is 13.2 Å². The number of carboxylic acids is 1. The third-order valence-corrected chi connectivity index (χ3v) is 5.37. The number of halogens is 3. The monoisotopic (exact) mass is 474 g/mol. The third kappa shape index (κ3) is 6.59. The Labute approximate surface area is 190 Å². The summed E-state index contributed by atoms with van der Waals surface area (Å²) < 4.78 is 38.3. The summed E-state index contributed by atoms with van der Waals surface area (Å²) >= 11 is 1.16. The number of hydrogen-bond acceptors (Lipinski definition) is 4. The number of nitrogens with one attached hydrogen (secondary N) is 2. The van der Waals surface area contributed by atoms with Gasteiger partial charge in [0.25, 0.3) is 5.91 Å². The van der Waals surface area contributed by atoms with E-state index in [0.717, 1.165) is 23.9 Å². The summed E-state index contributed by atoms with van der Waals surface area (Å²) in [4.78, 5) is 36.4. The summed E-state index contributed by atoms with van der Waals surface area (Å²) in [7, 11) is 0. The molecule has 3 rings (SSSR count). The SMILES string of the molecule is O=C(CSc1ccc(NC(=O)c2ccccc2C(=O)O)cc1)Nc1cccc(C(F)(F)F)c1. The Morgan fingerprint density at radius 1 is 0.818 bits per heavy atom. The van der Waals surface area contributed by atoms with E-state index in [0.29, 0.717) is 10.6 Å². The van der Waals surface area contributed by atoms with Crippen LogP contribution in [0.2, 0.25) is 0 Å². The average Bonchev–Trinajstić information content (AvgIpc) is 2.78. The maximum atomic E-state index is 12.8. The molecule has 0 aliphatic rings. The van der Waals surface area contributed by atoms with Crippen LogP contribution in [-0.4, -0.2) is 28.6 Å². The zero-order valence-corrected chi connectivity index (χ0v) is 17.7. The maximum absolute atomic E-state index is 12.8. The predicted molar refractivity (Wildman–Crippen MR) is 119 cm³/mol. The summed E-state index contributed by atoms with van der Waals surface area (Å²) in [6, 6.07) is 16.7. The summed E-state index contributed by atoms with van der Waals surface area (Å²) in [6.45, 7) is 0. The molecule has 10 heteroatoms. The first-order valence-corrected chi connectivity index (χ1v) is 10.5. The summed E-state index contributed by atoms with van der Waals surface area (Å²) in [5, 5.41) is 14.2. The van der Waals surface area contributed by atoms with Crippen LogP contribution in [-0.2, 0) is 11.0 Å². The molecule has 0 saturated heterocycles. The number of carbonyl (C=O) groups is 3. The Morgan fingerprint density at radius 2 is 1.48 bits per heavy atom. The van der Waals surface area contributed by atoms with E-state index >= 15 is 0 Å². The molecule has 3 aromatic carbocycles. The largest absolute Gasteiger partial charge is 0.478 e. The molecule has 0 aliphatic carbocycles. The number of amides is 2. The van der Waals surface area contributed by atoms with Gasteiger partial charge in [0.05, 0.1) is 22.4 Å². The molecule has 0 bridgehead atoms. The quantitative estimate of drug-likeness (QED) is 0.399. The fourth-order valence-electron chi connectivity index (χ4n) is 2.82. The zero-order valence-electron chi connectivity index (χ0n) is 16.8. The van der Waals surface area contributed by atoms with Crippen molar-refractivity contribution in [3.8, 4) is 0 Å². The molecular weight excluding hydrogens is 457 g/mol. The van der Waals surface area contributed by atoms with Gasteiger partial charge >= 0.3 is 12.1 Å². The molecule has 0 fully saturated rings. The number of anilines is 2. The van der Waals surface area contributed by atoms with Gasteiger partial charge in [-0.15, -0.1) is 11.8 Å². The Bertz CT molecular complexity index is 1180. The first-order chi connectivity index (χ1) is 15.6. The standard InChI is InChI=1S/C23H17F3N2O4S/c24-23(25,26)14-4-3-5-16(12-14)27-20(29)13-33-17-10-8-15(9-11-17)28-21(30)18-6-1-2-7-19(18)22(31)32/h1-12H,13H2,(H,27,29)(H,28,30)(H,31,32). The van der Waals surface area contributed by atoms with Crippen molar-refractivity contribution in [1.29, 1.82) is 0 Å². The van der Waals surface area contributed by atoms with Crippen LogP contribution in [0.1, 0.15) is 26.3 Å². The molecule has 0 saturated carbocycles. The number of thioether (sulfide) groups is 1. The molecule has 6 nitrogen and oxygen atoms in total. The number of hydrogen-bond donors (Lipinski definition) is 3. The molecule has 0 aromatic heterocycles. The second kappa shape index (κ2) is 10.2. The molecule has 0 heterocycles. The van der Waals surface area contributed by atoms with Crippen molar-refractivity contribution < 1.29 is 32.7 Å². The van der Waals surface area contributed by atoms with Crippen LogP contribution in [0, 0.1) is 0 Å². The molecule has 0 spiro atoms. The van der Waals surface area contributed by atoms with E-state index in [1.54, 1.807) is 30.3 Å². The van der Waals surface area contributed by atoms with Crippen molar-refractivity contribution >= 4 is 40.9 Å². The van der Waals surface area contributed by atoms with Crippen LogP contribution in [0.3, 0.4) is 0 Å². The summed E-state index contributed by atoms with van der Waals surface area (Å²) in [5.74, 6) is -2.29. The van der Waals surface area contributed by atoms with Crippen LogP contribution >= 0.6 is 11.8 Å². The smallest absolute Gasteiger partial charge is 0.416 e. The van der Waals surface area contributed by atoms with E-state index in [1.165, 1.54) is 30.3 Å². The molecule has 0 atom stereocenters. The van der Waals surface area contributed by atoms with E-state index in [-0.39, 0.29) is 22.6 Å². The molecule has 3 aromatic rings. The first-order valence-electron chi connectivity index (χ1n) is 9.47. The van der Waals surface area contributed by atoms with Crippen LogP contribution in [0.25, 0.3) is 0 Å². The Kier molecular flexibility index (Phi) is 7.39. The summed E-state index contributed by atoms with van der Waals surface area (Å²) in [6.07, 6.45) is -4.50. The minimum atomic E-state index is -4.50. The fourth-order valence-corrected chi connectivity index (χ4v) is 3.52. The van der Waals surface area contributed by atoms with Gasteiger partial charge in [0.15, 0.2) is 0 Å². The zero-order chi connectivity index (χ0) is 24.0. The maximum Gasteiger partial charge on any atom is 0.416 e. The van der Waals surface area contributed by atoms with Gasteiger partial charge in [0.1, 0.15) is 0 Å². The van der Waals surface area contributed by atoms with Crippen molar-refractivity contribution in [3.63, 3.8) is 0 Å². The molecule has 0 aliphatic heterocycles. The van der Waals surface area contributed by atoms with E-state index in [1.807, 2.05) is 0 Å². The highest BCUT2D eigenvalue weighted by Gasteiger charge is 2.30. The normalized spacial score (nSPS) is 11.0. The number of benzene rings is 3. The molecule has 0 unspecified atom stereocenters. The Balaban J connectivity index is 1.55. The first kappa shape index (κ1) is 23.9. The van der Waals surface area contributed by atoms with Gasteiger partial charge in [-0.3, -0.25) is 9.59 Å². The van der Waals surface area contributed by atoms with Gasteiger partial charge in [-0.05, 0) is 54.6 Å². The van der Waals surface area contributed by atoms with E-state index in [2.05, 4.69) is 10.6 Å². The predicted octanol–water partition coefficient (Wildman–Crippen LogP) is 5.39. The number of carboxylic acid groups (broad SMARTS) is 1. The molecule has 0 radical (unpaired) electrons. The Morgan fingerprint density at radius 3 is 2.12 bits per heavy atom. The highest BCUT2D eigenvalue weighted by atomic mass is 32.2. The van der Waals surface area contributed by atoms with Crippen molar-refractivity contribution in [1.82, 2.24) is 0 Å². The van der Waals surface area contributed by atoms with Gasteiger partial charge in [0.2, 0.25) is 5.91 Å². The van der Waals surface area contributed by atoms with Crippen molar-refractivity contribution in [2.24, 2.45) is 0 Å².